The van der Waals surface area contributed by atoms with E-state index in [1.807, 2.05) is 0 Å². The summed E-state index contributed by atoms with van der Waals surface area (Å²) in [5, 5.41) is 0. The standard InChI is InChI=1S/C9H11NO3/c1-4-6-13-9(11)8(10-3)7-12-5-2/h4,7H,1,5-6H2,2H3. The van der Waals surface area contributed by atoms with Crippen LogP contribution in [0.2, 0.25) is 0 Å². The minimum atomic E-state index is -0.691. The minimum absolute atomic E-state index is 0.0951. The highest BCUT2D eigenvalue weighted by atomic mass is 16.5. The van der Waals surface area contributed by atoms with Gasteiger partial charge in [-0.25, -0.2) is 4.85 Å². The number of rotatable bonds is 5. The van der Waals surface area contributed by atoms with Crippen LogP contribution in [-0.2, 0) is 14.3 Å². The molecule has 0 rings (SSSR count). The van der Waals surface area contributed by atoms with E-state index in [2.05, 4.69) is 16.2 Å². The Labute approximate surface area is 77.3 Å². The summed E-state index contributed by atoms with van der Waals surface area (Å²) in [6, 6.07) is 0. The van der Waals surface area contributed by atoms with Gasteiger partial charge in [-0.1, -0.05) is 12.7 Å². The third-order valence-electron chi connectivity index (χ3n) is 1.02. The molecule has 0 aliphatic heterocycles. The predicted molar refractivity (Wildman–Crippen MR) is 47.5 cm³/mol. The van der Waals surface area contributed by atoms with Gasteiger partial charge in [-0.05, 0) is 6.92 Å². The molecule has 4 heteroatoms. The Morgan fingerprint density at radius 1 is 1.69 bits per heavy atom. The van der Waals surface area contributed by atoms with Crippen molar-refractivity contribution in [3.05, 3.63) is 36.0 Å². The molecule has 0 aromatic rings. The number of ether oxygens (including phenoxy) is 2. The second kappa shape index (κ2) is 6.92. The Kier molecular flexibility index (Phi) is 5.98. The zero-order valence-corrected chi connectivity index (χ0v) is 7.45. The number of esters is 1. The van der Waals surface area contributed by atoms with Crippen molar-refractivity contribution in [2.75, 3.05) is 13.2 Å². The fourth-order valence-corrected chi connectivity index (χ4v) is 0.491. The number of hydrogen-bond donors (Lipinski definition) is 0. The summed E-state index contributed by atoms with van der Waals surface area (Å²) in [5.41, 5.74) is -0.163. The topological polar surface area (TPSA) is 39.9 Å². The van der Waals surface area contributed by atoms with Crippen LogP contribution in [-0.4, -0.2) is 19.2 Å². The maximum Gasteiger partial charge on any atom is 0.339 e. The normalized spacial score (nSPS) is 10.0. The number of carbonyl (C=O) groups excluding carboxylic acids is 1. The molecule has 0 amide bonds. The molecule has 0 aliphatic rings. The molecular formula is C9H11NO3. The number of hydrogen-bond acceptors (Lipinski definition) is 3. The zero-order chi connectivity index (χ0) is 10.1. The molecule has 0 bridgehead atoms. The van der Waals surface area contributed by atoms with Crippen LogP contribution in [0.25, 0.3) is 4.85 Å². The molecule has 0 atom stereocenters. The SMILES string of the molecule is [C-]#[N+]C(=COCC)C(=O)OCC=C. The van der Waals surface area contributed by atoms with Crippen LogP contribution in [0, 0.1) is 6.57 Å². The van der Waals surface area contributed by atoms with Crippen LogP contribution < -0.4 is 0 Å². The van der Waals surface area contributed by atoms with Gasteiger partial charge < -0.3 is 9.47 Å². The van der Waals surface area contributed by atoms with Gasteiger partial charge in [0, 0.05) is 0 Å². The molecule has 0 heterocycles. The van der Waals surface area contributed by atoms with Crippen LogP contribution in [0.4, 0.5) is 0 Å². The third kappa shape index (κ3) is 4.64. The molecule has 0 spiro atoms. The summed E-state index contributed by atoms with van der Waals surface area (Å²) < 4.78 is 9.41. The summed E-state index contributed by atoms with van der Waals surface area (Å²) >= 11 is 0. The first-order valence-corrected chi connectivity index (χ1v) is 3.73. The molecule has 0 radical (unpaired) electrons. The van der Waals surface area contributed by atoms with Gasteiger partial charge in [-0.3, -0.25) is 4.79 Å². The van der Waals surface area contributed by atoms with E-state index in [1.165, 1.54) is 6.08 Å². The lowest BCUT2D eigenvalue weighted by atomic mass is 10.5. The van der Waals surface area contributed by atoms with Gasteiger partial charge in [-0.2, -0.15) is 0 Å². The molecule has 13 heavy (non-hydrogen) atoms. The quantitative estimate of drug-likeness (QED) is 0.212. The molecule has 0 aromatic heterocycles. The monoisotopic (exact) mass is 181 g/mol. The molecular weight excluding hydrogens is 170 g/mol. The minimum Gasteiger partial charge on any atom is -0.512 e. The first-order valence-electron chi connectivity index (χ1n) is 3.73. The summed E-state index contributed by atoms with van der Waals surface area (Å²) in [6.45, 7) is 12.3. The third-order valence-corrected chi connectivity index (χ3v) is 1.02. The lowest BCUT2D eigenvalue weighted by molar-refractivity contribution is -0.137. The van der Waals surface area contributed by atoms with Gasteiger partial charge in [0.2, 0.25) is 0 Å². The zero-order valence-electron chi connectivity index (χ0n) is 7.45. The second-order valence-electron chi connectivity index (χ2n) is 1.96. The number of carbonyl (C=O) groups is 1. The van der Waals surface area contributed by atoms with Crippen molar-refractivity contribution in [1.82, 2.24) is 0 Å². The van der Waals surface area contributed by atoms with E-state index in [0.717, 1.165) is 6.26 Å². The van der Waals surface area contributed by atoms with Crippen LogP contribution in [0.3, 0.4) is 0 Å². The van der Waals surface area contributed by atoms with Crippen LogP contribution in [0.1, 0.15) is 6.92 Å². The Hall–Kier alpha value is -1.76. The molecule has 0 fully saturated rings. The van der Waals surface area contributed by atoms with Crippen molar-refractivity contribution in [3.8, 4) is 0 Å². The first-order chi connectivity index (χ1) is 6.26. The van der Waals surface area contributed by atoms with Crippen molar-refractivity contribution >= 4 is 5.97 Å². The summed E-state index contributed by atoms with van der Waals surface area (Å²) in [5.74, 6) is -0.691. The Balaban J connectivity index is 4.16. The van der Waals surface area contributed by atoms with E-state index in [9.17, 15) is 4.79 Å². The summed E-state index contributed by atoms with van der Waals surface area (Å²) in [4.78, 5) is 14.0. The molecule has 0 unspecified atom stereocenters. The smallest absolute Gasteiger partial charge is 0.339 e. The van der Waals surface area contributed by atoms with E-state index >= 15 is 0 Å². The van der Waals surface area contributed by atoms with Crippen LogP contribution >= 0.6 is 0 Å². The Morgan fingerprint density at radius 3 is 2.85 bits per heavy atom. The van der Waals surface area contributed by atoms with Gasteiger partial charge in [0.1, 0.15) is 6.61 Å². The van der Waals surface area contributed by atoms with Crippen LogP contribution in [0.5, 0.6) is 0 Å². The highest BCUT2D eigenvalue weighted by molar-refractivity contribution is 5.90. The maximum atomic E-state index is 11.0. The molecule has 0 aliphatic carbocycles. The van der Waals surface area contributed by atoms with Crippen molar-refractivity contribution in [1.29, 1.82) is 0 Å². The van der Waals surface area contributed by atoms with Gasteiger partial charge in [0.05, 0.1) is 19.4 Å². The molecule has 70 valence electrons. The fourth-order valence-electron chi connectivity index (χ4n) is 0.491. The van der Waals surface area contributed by atoms with Crippen molar-refractivity contribution in [2.24, 2.45) is 0 Å². The van der Waals surface area contributed by atoms with E-state index in [-0.39, 0.29) is 12.3 Å². The van der Waals surface area contributed by atoms with Gasteiger partial charge >= 0.3 is 11.7 Å². The molecule has 0 saturated heterocycles. The molecule has 0 N–H and O–H groups in total. The predicted octanol–water partition coefficient (Wildman–Crippen LogP) is 1.51. The lowest BCUT2D eigenvalue weighted by Gasteiger charge is -1.99. The van der Waals surface area contributed by atoms with E-state index in [4.69, 9.17) is 11.3 Å². The van der Waals surface area contributed by atoms with Gasteiger partial charge in [0.25, 0.3) is 0 Å². The highest BCUT2D eigenvalue weighted by Gasteiger charge is 2.10. The molecule has 4 nitrogen and oxygen atoms in total. The van der Waals surface area contributed by atoms with Crippen molar-refractivity contribution < 1.29 is 14.3 Å². The average Bonchev–Trinajstić information content (AvgIpc) is 2.16. The van der Waals surface area contributed by atoms with E-state index in [0.29, 0.717) is 6.61 Å². The summed E-state index contributed by atoms with van der Waals surface area (Å²) in [6.07, 6.45) is 2.53. The fraction of sp³-hybridized carbons (Fsp3) is 0.333. The van der Waals surface area contributed by atoms with Gasteiger partial charge in [-0.15, -0.1) is 0 Å². The van der Waals surface area contributed by atoms with E-state index in [1.54, 1.807) is 6.92 Å². The lowest BCUT2D eigenvalue weighted by Crippen LogP contribution is -2.05. The number of nitrogens with zero attached hydrogens (tertiary/aromatic N) is 1. The highest BCUT2D eigenvalue weighted by Crippen LogP contribution is 2.00. The molecule has 0 aromatic carbocycles. The van der Waals surface area contributed by atoms with Gasteiger partial charge in [0.15, 0.2) is 0 Å². The maximum absolute atomic E-state index is 11.0. The molecule has 0 saturated carbocycles. The largest absolute Gasteiger partial charge is 0.512 e. The Bertz CT molecular complexity index is 250. The van der Waals surface area contributed by atoms with Crippen LogP contribution in [0.15, 0.2) is 24.6 Å². The van der Waals surface area contributed by atoms with Crippen molar-refractivity contribution in [3.63, 3.8) is 0 Å². The summed E-state index contributed by atoms with van der Waals surface area (Å²) in [7, 11) is 0. The second-order valence-corrected chi connectivity index (χ2v) is 1.96. The van der Waals surface area contributed by atoms with E-state index < -0.39 is 5.97 Å². The average molecular weight is 181 g/mol. The van der Waals surface area contributed by atoms with Crippen molar-refractivity contribution in [2.45, 2.75) is 6.92 Å². The first kappa shape index (κ1) is 11.2. The Morgan fingerprint density at radius 2 is 2.38 bits per heavy atom.